The molecule has 2 aromatic rings. The van der Waals surface area contributed by atoms with Crippen LogP contribution in [0.3, 0.4) is 0 Å². The molecule has 0 bridgehead atoms. The first kappa shape index (κ1) is 19.5. The molecule has 0 saturated heterocycles. The van der Waals surface area contributed by atoms with Crippen molar-refractivity contribution in [3.8, 4) is 5.69 Å². The summed E-state index contributed by atoms with van der Waals surface area (Å²) in [7, 11) is 0. The van der Waals surface area contributed by atoms with Crippen molar-refractivity contribution in [2.24, 2.45) is 0 Å². The summed E-state index contributed by atoms with van der Waals surface area (Å²) in [5.74, 6) is 0.231. The largest absolute Gasteiger partial charge is 0.390 e. The van der Waals surface area contributed by atoms with E-state index in [0.717, 1.165) is 10.8 Å². The van der Waals surface area contributed by atoms with E-state index in [2.05, 4.69) is 42.3 Å². The molecule has 136 valence electrons. The molecule has 0 aliphatic rings. The Morgan fingerprint density at radius 2 is 1.96 bits per heavy atom. The van der Waals surface area contributed by atoms with Crippen LogP contribution in [0.15, 0.2) is 35.7 Å². The van der Waals surface area contributed by atoms with Crippen molar-refractivity contribution in [2.75, 3.05) is 5.75 Å². The summed E-state index contributed by atoms with van der Waals surface area (Å²) >= 11 is 1.41. The number of rotatable bonds is 7. The topological polar surface area (TPSA) is 67.2 Å². The number of aryl methyl sites for hydroxylation is 2. The fraction of sp³-hybridized carbons (Fsp3) is 0.474. The molecule has 1 atom stereocenters. The molecule has 1 aromatic carbocycles. The lowest BCUT2D eigenvalue weighted by atomic mass is 10.0. The van der Waals surface area contributed by atoms with Gasteiger partial charge in [0.2, 0.25) is 5.91 Å². The third-order valence-corrected chi connectivity index (χ3v) is 4.60. The Hall–Kier alpha value is -1.79. The number of aliphatic hydroxyl groups is 1. The predicted molar refractivity (Wildman–Crippen MR) is 102 cm³/mol. The van der Waals surface area contributed by atoms with Crippen molar-refractivity contribution in [3.63, 3.8) is 0 Å². The molecule has 25 heavy (non-hydrogen) atoms. The van der Waals surface area contributed by atoms with E-state index in [4.69, 9.17) is 0 Å². The third-order valence-electron chi connectivity index (χ3n) is 3.64. The minimum Gasteiger partial charge on any atom is -0.390 e. The zero-order valence-corrected chi connectivity index (χ0v) is 16.4. The van der Waals surface area contributed by atoms with Gasteiger partial charge in [0, 0.05) is 24.1 Å². The molecule has 2 N–H and O–H groups in total. The number of carbonyl (C=O) groups excluding carboxylic acids is 1. The van der Waals surface area contributed by atoms with Gasteiger partial charge in [-0.15, -0.1) is 0 Å². The lowest BCUT2D eigenvalue weighted by Crippen LogP contribution is -2.38. The van der Waals surface area contributed by atoms with E-state index >= 15 is 0 Å². The molecule has 0 aliphatic carbocycles. The Morgan fingerprint density at radius 3 is 2.56 bits per heavy atom. The number of nitrogens with zero attached hydrogens (tertiary/aromatic N) is 2. The third kappa shape index (κ3) is 6.21. The first-order chi connectivity index (χ1) is 11.6. The Bertz CT molecular complexity index is 714. The van der Waals surface area contributed by atoms with Crippen LogP contribution < -0.4 is 5.32 Å². The molecule has 1 aromatic heterocycles. The van der Waals surface area contributed by atoms with Gasteiger partial charge >= 0.3 is 0 Å². The van der Waals surface area contributed by atoms with Gasteiger partial charge in [0.1, 0.15) is 0 Å². The highest BCUT2D eigenvalue weighted by atomic mass is 32.2. The molecule has 1 amide bonds. The summed E-state index contributed by atoms with van der Waals surface area (Å²) in [6, 6.07) is 6.26. The van der Waals surface area contributed by atoms with Crippen molar-refractivity contribution < 1.29 is 9.90 Å². The fourth-order valence-corrected chi connectivity index (χ4v) is 3.71. The molecule has 0 radical (unpaired) electrons. The predicted octanol–water partition coefficient (Wildman–Crippen LogP) is 3.25. The van der Waals surface area contributed by atoms with Crippen molar-refractivity contribution in [1.82, 2.24) is 14.9 Å². The van der Waals surface area contributed by atoms with Crippen LogP contribution in [0.25, 0.3) is 5.69 Å². The Labute approximate surface area is 153 Å². The standard InChI is InChI=1S/C19H27N3O2S/c1-13-8-14(2)10-16(9-13)22-7-6-20-18(22)25-12-17(23)21-15(3)11-19(4,5)24/h6-10,15,24H,11-12H2,1-5H3,(H,21,23). The molecule has 0 spiro atoms. The monoisotopic (exact) mass is 361 g/mol. The van der Waals surface area contributed by atoms with Gasteiger partial charge < -0.3 is 10.4 Å². The van der Waals surface area contributed by atoms with Crippen LogP contribution >= 0.6 is 11.8 Å². The van der Waals surface area contributed by atoms with Gasteiger partial charge in [-0.25, -0.2) is 4.98 Å². The SMILES string of the molecule is Cc1cc(C)cc(-n2ccnc2SCC(=O)NC(C)CC(C)(C)O)c1. The summed E-state index contributed by atoms with van der Waals surface area (Å²) in [6.07, 6.45) is 4.17. The van der Waals surface area contributed by atoms with Crippen molar-refractivity contribution in [3.05, 3.63) is 41.7 Å². The summed E-state index contributed by atoms with van der Waals surface area (Å²) in [5, 5.41) is 13.5. The second-order valence-electron chi connectivity index (χ2n) is 7.20. The maximum atomic E-state index is 12.1. The molecule has 1 heterocycles. The van der Waals surface area contributed by atoms with Crippen LogP contribution in [-0.4, -0.2) is 38.0 Å². The van der Waals surface area contributed by atoms with Crippen LogP contribution in [0.5, 0.6) is 0 Å². The van der Waals surface area contributed by atoms with Gasteiger partial charge in [-0.3, -0.25) is 9.36 Å². The molecular weight excluding hydrogens is 334 g/mol. The second-order valence-corrected chi connectivity index (χ2v) is 8.14. The van der Waals surface area contributed by atoms with Crippen LogP contribution in [0.2, 0.25) is 0 Å². The number of hydrogen-bond acceptors (Lipinski definition) is 4. The average molecular weight is 362 g/mol. The normalized spacial score (nSPS) is 12.9. The molecule has 2 rings (SSSR count). The maximum Gasteiger partial charge on any atom is 0.230 e. The van der Waals surface area contributed by atoms with Crippen molar-refractivity contribution >= 4 is 17.7 Å². The van der Waals surface area contributed by atoms with Crippen molar-refractivity contribution in [1.29, 1.82) is 0 Å². The zero-order valence-electron chi connectivity index (χ0n) is 15.5. The van der Waals surface area contributed by atoms with E-state index < -0.39 is 5.60 Å². The van der Waals surface area contributed by atoms with E-state index in [1.54, 1.807) is 20.0 Å². The van der Waals surface area contributed by atoms with Crippen LogP contribution in [0.1, 0.15) is 38.3 Å². The minimum atomic E-state index is -0.793. The van der Waals surface area contributed by atoms with E-state index in [-0.39, 0.29) is 17.7 Å². The quantitative estimate of drug-likeness (QED) is 0.743. The second kappa shape index (κ2) is 8.06. The van der Waals surface area contributed by atoms with Gasteiger partial charge in [-0.05, 0) is 64.3 Å². The molecule has 0 aliphatic heterocycles. The lowest BCUT2D eigenvalue weighted by Gasteiger charge is -2.22. The van der Waals surface area contributed by atoms with E-state index in [0.29, 0.717) is 6.42 Å². The number of carbonyl (C=O) groups is 1. The number of nitrogens with one attached hydrogen (secondary N) is 1. The fourth-order valence-electron chi connectivity index (χ4n) is 2.93. The smallest absolute Gasteiger partial charge is 0.230 e. The van der Waals surface area contributed by atoms with Crippen LogP contribution in [-0.2, 0) is 4.79 Å². The lowest BCUT2D eigenvalue weighted by molar-refractivity contribution is -0.119. The molecule has 0 saturated carbocycles. The van der Waals surface area contributed by atoms with Gasteiger partial charge in [0.05, 0.1) is 11.4 Å². The molecule has 5 nitrogen and oxygen atoms in total. The van der Waals surface area contributed by atoms with Gasteiger partial charge in [-0.1, -0.05) is 17.8 Å². The van der Waals surface area contributed by atoms with Gasteiger partial charge in [-0.2, -0.15) is 0 Å². The van der Waals surface area contributed by atoms with E-state index in [1.165, 1.54) is 22.9 Å². The van der Waals surface area contributed by atoms with Crippen LogP contribution in [0, 0.1) is 13.8 Å². The highest BCUT2D eigenvalue weighted by Crippen LogP contribution is 2.22. The first-order valence-corrected chi connectivity index (χ1v) is 9.39. The number of aromatic nitrogens is 2. The Morgan fingerprint density at radius 1 is 1.32 bits per heavy atom. The Balaban J connectivity index is 1.98. The van der Waals surface area contributed by atoms with E-state index in [1.807, 2.05) is 17.7 Å². The number of thioether (sulfide) groups is 1. The molecule has 1 unspecified atom stereocenters. The first-order valence-electron chi connectivity index (χ1n) is 8.40. The maximum absolute atomic E-state index is 12.1. The Kier molecular flexibility index (Phi) is 6.30. The highest BCUT2D eigenvalue weighted by Gasteiger charge is 2.19. The summed E-state index contributed by atoms with van der Waals surface area (Å²) in [5.41, 5.74) is 2.64. The van der Waals surface area contributed by atoms with Crippen molar-refractivity contribution in [2.45, 2.75) is 57.8 Å². The summed E-state index contributed by atoms with van der Waals surface area (Å²) in [4.78, 5) is 16.5. The highest BCUT2D eigenvalue weighted by molar-refractivity contribution is 7.99. The number of imidazole rings is 1. The molecule has 0 fully saturated rings. The van der Waals surface area contributed by atoms with Gasteiger partial charge in [0.15, 0.2) is 5.16 Å². The average Bonchev–Trinajstić information content (AvgIpc) is 2.90. The van der Waals surface area contributed by atoms with Gasteiger partial charge in [0.25, 0.3) is 0 Å². The number of benzene rings is 1. The molecule has 6 heteroatoms. The molecular formula is C19H27N3O2S. The minimum absolute atomic E-state index is 0.0586. The summed E-state index contributed by atoms with van der Waals surface area (Å²) in [6.45, 7) is 9.52. The number of amides is 1. The van der Waals surface area contributed by atoms with Crippen LogP contribution in [0.4, 0.5) is 0 Å². The zero-order chi connectivity index (χ0) is 18.6. The summed E-state index contributed by atoms with van der Waals surface area (Å²) < 4.78 is 2.00. The number of hydrogen-bond donors (Lipinski definition) is 2. The van der Waals surface area contributed by atoms with E-state index in [9.17, 15) is 9.90 Å².